The number of amides is 1. The summed E-state index contributed by atoms with van der Waals surface area (Å²) in [5, 5.41) is 4.55. The molecule has 1 atom stereocenters. The van der Waals surface area contributed by atoms with Crippen molar-refractivity contribution in [1.82, 2.24) is 9.62 Å². The monoisotopic (exact) mass is 365 g/mol. The van der Waals surface area contributed by atoms with Crippen LogP contribution in [-0.4, -0.2) is 39.2 Å². The van der Waals surface area contributed by atoms with Crippen LogP contribution < -0.4 is 5.32 Å². The Hall–Kier alpha value is -0.850. The lowest BCUT2D eigenvalue weighted by Gasteiger charge is -2.34. The minimum Gasteiger partial charge on any atom is -0.593 e. The second-order valence-corrected chi connectivity index (χ2v) is 9.12. The SMILES string of the molecule is C=C[S+]([O-])N1CCC2(CC1)N=C(C1CCC(CCCC)CC1)NC2=O. The first-order valence-corrected chi connectivity index (χ1v) is 10.9. The highest BCUT2D eigenvalue weighted by molar-refractivity contribution is 7.92. The lowest BCUT2D eigenvalue weighted by atomic mass is 9.79. The van der Waals surface area contributed by atoms with E-state index in [4.69, 9.17) is 4.99 Å². The third kappa shape index (κ3) is 4.12. The van der Waals surface area contributed by atoms with E-state index in [2.05, 4.69) is 18.8 Å². The first kappa shape index (κ1) is 18.9. The minimum absolute atomic E-state index is 0.0552. The van der Waals surface area contributed by atoms with E-state index in [1.54, 1.807) is 0 Å². The van der Waals surface area contributed by atoms with Gasteiger partial charge in [0, 0.05) is 19.0 Å². The number of hydrogen-bond acceptors (Lipinski definition) is 4. The van der Waals surface area contributed by atoms with Crippen LogP contribution in [-0.2, 0) is 16.2 Å². The van der Waals surface area contributed by atoms with Gasteiger partial charge in [-0.1, -0.05) is 26.2 Å². The molecule has 0 radical (unpaired) electrons. The number of unbranched alkanes of at least 4 members (excludes halogenated alkanes) is 1. The lowest BCUT2D eigenvalue weighted by molar-refractivity contribution is -0.124. The highest BCUT2D eigenvalue weighted by Crippen LogP contribution is 2.37. The summed E-state index contributed by atoms with van der Waals surface area (Å²) < 4.78 is 13.7. The van der Waals surface area contributed by atoms with Crippen LogP contribution in [0, 0.1) is 11.8 Å². The van der Waals surface area contributed by atoms with Gasteiger partial charge in [0.25, 0.3) is 5.91 Å². The summed E-state index contributed by atoms with van der Waals surface area (Å²) in [6, 6.07) is 0. The summed E-state index contributed by atoms with van der Waals surface area (Å²) >= 11 is -1.14. The maximum absolute atomic E-state index is 12.6. The highest BCUT2D eigenvalue weighted by atomic mass is 32.2. The molecule has 0 bridgehead atoms. The fraction of sp³-hybridized carbons (Fsp3) is 0.789. The van der Waals surface area contributed by atoms with E-state index in [-0.39, 0.29) is 5.91 Å². The van der Waals surface area contributed by atoms with Crippen LogP contribution in [0.25, 0.3) is 0 Å². The molecule has 140 valence electrons. The molecule has 1 N–H and O–H groups in total. The van der Waals surface area contributed by atoms with Crippen molar-refractivity contribution in [3.05, 3.63) is 12.0 Å². The molecule has 5 nitrogen and oxygen atoms in total. The predicted molar refractivity (Wildman–Crippen MR) is 102 cm³/mol. The lowest BCUT2D eigenvalue weighted by Crippen LogP contribution is -2.50. The molecule has 1 aliphatic carbocycles. The van der Waals surface area contributed by atoms with Gasteiger partial charge in [0.05, 0.1) is 11.4 Å². The summed E-state index contributed by atoms with van der Waals surface area (Å²) in [7, 11) is 0. The van der Waals surface area contributed by atoms with Crippen molar-refractivity contribution in [1.29, 1.82) is 0 Å². The molecule has 3 aliphatic rings. The van der Waals surface area contributed by atoms with Gasteiger partial charge in [-0.3, -0.25) is 9.79 Å². The van der Waals surface area contributed by atoms with E-state index in [0.29, 0.717) is 31.8 Å². The van der Waals surface area contributed by atoms with Crippen LogP contribution in [0.2, 0.25) is 0 Å². The van der Waals surface area contributed by atoms with E-state index < -0.39 is 16.9 Å². The van der Waals surface area contributed by atoms with Crippen LogP contribution in [0.15, 0.2) is 17.0 Å². The Kier molecular flexibility index (Phi) is 6.23. The van der Waals surface area contributed by atoms with Crippen molar-refractivity contribution in [3.63, 3.8) is 0 Å². The maximum Gasteiger partial charge on any atom is 0.253 e. The summed E-state index contributed by atoms with van der Waals surface area (Å²) in [5.74, 6) is 2.26. The van der Waals surface area contributed by atoms with E-state index in [0.717, 1.165) is 24.6 Å². The average molecular weight is 366 g/mol. The molecular weight excluding hydrogens is 334 g/mol. The van der Waals surface area contributed by atoms with Crippen molar-refractivity contribution in [2.75, 3.05) is 13.1 Å². The smallest absolute Gasteiger partial charge is 0.253 e. The molecule has 2 fully saturated rings. The van der Waals surface area contributed by atoms with Crippen LogP contribution >= 0.6 is 0 Å². The Morgan fingerprint density at radius 3 is 2.64 bits per heavy atom. The quantitative estimate of drug-likeness (QED) is 0.735. The molecule has 1 saturated heterocycles. The van der Waals surface area contributed by atoms with E-state index >= 15 is 0 Å². The summed E-state index contributed by atoms with van der Waals surface area (Å²) in [6.07, 6.45) is 10.1. The van der Waals surface area contributed by atoms with Crippen LogP contribution in [0.1, 0.15) is 64.7 Å². The summed E-state index contributed by atoms with van der Waals surface area (Å²) in [5.41, 5.74) is -0.615. The first-order valence-electron chi connectivity index (χ1n) is 9.77. The van der Waals surface area contributed by atoms with Crippen LogP contribution in [0.3, 0.4) is 0 Å². The number of carbonyl (C=O) groups is 1. The highest BCUT2D eigenvalue weighted by Gasteiger charge is 2.48. The fourth-order valence-electron chi connectivity index (χ4n) is 4.43. The molecule has 2 heterocycles. The zero-order valence-electron chi connectivity index (χ0n) is 15.3. The van der Waals surface area contributed by atoms with Crippen molar-refractivity contribution in [2.45, 2.75) is 70.3 Å². The van der Waals surface area contributed by atoms with Crippen molar-refractivity contribution in [3.8, 4) is 0 Å². The minimum atomic E-state index is -1.14. The molecule has 25 heavy (non-hydrogen) atoms. The summed E-state index contributed by atoms with van der Waals surface area (Å²) in [4.78, 5) is 17.5. The normalized spacial score (nSPS) is 30.8. The second-order valence-electron chi connectivity index (χ2n) is 7.71. The molecule has 0 aromatic heterocycles. The van der Waals surface area contributed by atoms with Gasteiger partial charge in [-0.25, -0.2) is 0 Å². The number of rotatable bonds is 6. The average Bonchev–Trinajstić information content (AvgIpc) is 2.96. The largest absolute Gasteiger partial charge is 0.593 e. The third-order valence-electron chi connectivity index (χ3n) is 6.14. The van der Waals surface area contributed by atoms with Gasteiger partial charge in [-0.15, -0.1) is 4.31 Å². The predicted octanol–water partition coefficient (Wildman–Crippen LogP) is 3.15. The Balaban J connectivity index is 1.57. The Labute approximate surface area is 154 Å². The maximum atomic E-state index is 12.6. The van der Waals surface area contributed by atoms with Gasteiger partial charge in [-0.2, -0.15) is 0 Å². The van der Waals surface area contributed by atoms with Crippen molar-refractivity contribution >= 4 is 23.1 Å². The standard InChI is InChI=1S/C19H31N3O2S/c1-3-5-6-15-7-9-16(10-8-15)17-20-18(23)19(21-17)11-13-22(14-12-19)25(24)4-2/h4,15-16H,2-3,5-14H2,1H3,(H,20,21,23). The molecule has 2 aliphatic heterocycles. The molecule has 1 saturated carbocycles. The van der Waals surface area contributed by atoms with Gasteiger partial charge < -0.3 is 9.87 Å². The molecule has 0 aromatic rings. The number of aliphatic imine (C=N–C) groups is 1. The number of carbonyl (C=O) groups excluding carboxylic acids is 1. The Morgan fingerprint density at radius 2 is 2.04 bits per heavy atom. The molecular formula is C19H31N3O2S. The van der Waals surface area contributed by atoms with Crippen LogP contribution in [0.4, 0.5) is 0 Å². The van der Waals surface area contributed by atoms with Gasteiger partial charge in [0.2, 0.25) is 0 Å². The number of hydrogen-bond donors (Lipinski definition) is 1. The number of nitrogens with zero attached hydrogens (tertiary/aromatic N) is 2. The zero-order chi connectivity index (χ0) is 17.9. The third-order valence-corrected chi connectivity index (χ3v) is 7.30. The van der Waals surface area contributed by atoms with E-state index in [9.17, 15) is 9.35 Å². The van der Waals surface area contributed by atoms with E-state index in [1.165, 1.54) is 37.5 Å². The van der Waals surface area contributed by atoms with Gasteiger partial charge in [0.15, 0.2) is 0 Å². The van der Waals surface area contributed by atoms with E-state index in [1.807, 2.05) is 4.31 Å². The van der Waals surface area contributed by atoms with Gasteiger partial charge in [-0.05, 0) is 51.0 Å². The molecule has 1 amide bonds. The fourth-order valence-corrected chi connectivity index (χ4v) is 5.19. The number of amidine groups is 1. The van der Waals surface area contributed by atoms with Crippen molar-refractivity contribution < 1.29 is 9.35 Å². The van der Waals surface area contributed by atoms with Gasteiger partial charge in [0.1, 0.15) is 16.8 Å². The molecule has 6 heteroatoms. The molecule has 1 spiro atoms. The second kappa shape index (κ2) is 8.23. The summed E-state index contributed by atoms with van der Waals surface area (Å²) in [6.45, 7) is 7.11. The Morgan fingerprint density at radius 1 is 1.36 bits per heavy atom. The molecule has 3 rings (SSSR count). The first-order chi connectivity index (χ1) is 12.1. The van der Waals surface area contributed by atoms with Crippen molar-refractivity contribution in [2.24, 2.45) is 16.8 Å². The number of nitrogens with one attached hydrogen (secondary N) is 1. The van der Waals surface area contributed by atoms with Crippen LogP contribution in [0.5, 0.6) is 0 Å². The molecule has 0 aromatic carbocycles. The molecule has 1 unspecified atom stereocenters. The number of piperidine rings is 1. The topological polar surface area (TPSA) is 67.8 Å². The van der Waals surface area contributed by atoms with Gasteiger partial charge >= 0.3 is 0 Å². The zero-order valence-corrected chi connectivity index (χ0v) is 16.2. The Bertz CT molecular complexity index is 521.